The second kappa shape index (κ2) is 5.11. The van der Waals surface area contributed by atoms with E-state index in [1.807, 2.05) is 0 Å². The number of hydrogen-bond acceptors (Lipinski definition) is 3. The van der Waals surface area contributed by atoms with Crippen LogP contribution < -0.4 is 5.56 Å². The van der Waals surface area contributed by atoms with Gasteiger partial charge in [-0.05, 0) is 31.5 Å². The summed E-state index contributed by atoms with van der Waals surface area (Å²) in [5, 5.41) is 12.0. The number of aryl methyl sites for hydroxylation is 2. The van der Waals surface area contributed by atoms with Crippen molar-refractivity contribution in [3.8, 4) is 6.07 Å². The summed E-state index contributed by atoms with van der Waals surface area (Å²) < 4.78 is 14.3. The molecule has 3 rings (SSSR count). The number of aromatic nitrogens is 3. The molecule has 2 heterocycles. The first-order chi connectivity index (χ1) is 10.5. The van der Waals surface area contributed by atoms with Crippen LogP contribution in [-0.4, -0.2) is 14.6 Å². The van der Waals surface area contributed by atoms with Gasteiger partial charge in [-0.1, -0.05) is 12.1 Å². The second-order valence-corrected chi connectivity index (χ2v) is 5.17. The van der Waals surface area contributed by atoms with Crippen LogP contribution >= 0.6 is 0 Å². The van der Waals surface area contributed by atoms with Crippen LogP contribution in [0.4, 0.5) is 4.39 Å². The monoisotopic (exact) mass is 296 g/mol. The van der Waals surface area contributed by atoms with E-state index in [-0.39, 0.29) is 11.4 Å². The van der Waals surface area contributed by atoms with E-state index in [0.29, 0.717) is 34.6 Å². The van der Waals surface area contributed by atoms with Crippen molar-refractivity contribution in [3.63, 3.8) is 0 Å². The molecule has 0 spiro atoms. The quantitative estimate of drug-likeness (QED) is 0.788. The fourth-order valence-electron chi connectivity index (χ4n) is 2.47. The minimum absolute atomic E-state index is 0.239. The smallest absolute Gasteiger partial charge is 0.276 e. The molecule has 5 nitrogen and oxygen atoms in total. The van der Waals surface area contributed by atoms with Crippen molar-refractivity contribution in [3.05, 3.63) is 68.5 Å². The molecule has 22 heavy (non-hydrogen) atoms. The number of benzene rings is 1. The number of aromatic amines is 1. The second-order valence-electron chi connectivity index (χ2n) is 5.17. The molecule has 1 N–H and O–H groups in total. The van der Waals surface area contributed by atoms with Gasteiger partial charge in [-0.15, -0.1) is 0 Å². The Bertz CT molecular complexity index is 961. The number of halogens is 1. The molecule has 1 aromatic carbocycles. The third-order valence-corrected chi connectivity index (χ3v) is 3.67. The lowest BCUT2D eigenvalue weighted by Crippen LogP contribution is -2.22. The van der Waals surface area contributed by atoms with Crippen LogP contribution in [0.25, 0.3) is 5.65 Å². The standard InChI is InChI=1S/C16H13FN4O/c1-9-13(7-11-3-5-12(17)6-4-11)16(22)21-15(19-9)14(8-18)10(2)20-21/h3-6,20H,7H2,1-2H3. The van der Waals surface area contributed by atoms with Crippen LogP contribution in [0.3, 0.4) is 0 Å². The summed E-state index contributed by atoms with van der Waals surface area (Å²) >= 11 is 0. The lowest BCUT2D eigenvalue weighted by molar-refractivity contribution is 0.627. The number of hydrogen-bond donors (Lipinski definition) is 1. The molecule has 0 aliphatic rings. The van der Waals surface area contributed by atoms with E-state index in [4.69, 9.17) is 5.26 Å². The Morgan fingerprint density at radius 3 is 2.64 bits per heavy atom. The highest BCUT2D eigenvalue weighted by Gasteiger charge is 2.16. The van der Waals surface area contributed by atoms with Gasteiger partial charge in [0.25, 0.3) is 5.56 Å². The maximum atomic E-state index is 13.0. The summed E-state index contributed by atoms with van der Waals surface area (Å²) in [7, 11) is 0. The molecule has 0 saturated heterocycles. The summed E-state index contributed by atoms with van der Waals surface area (Å²) in [5.74, 6) is -0.315. The Labute approximate surface area is 125 Å². The highest BCUT2D eigenvalue weighted by molar-refractivity contribution is 5.58. The van der Waals surface area contributed by atoms with Crippen LogP contribution in [0, 0.1) is 31.0 Å². The van der Waals surface area contributed by atoms with E-state index in [9.17, 15) is 9.18 Å². The number of rotatable bonds is 2. The Balaban J connectivity index is 2.17. The van der Waals surface area contributed by atoms with Gasteiger partial charge in [0, 0.05) is 17.7 Å². The van der Waals surface area contributed by atoms with Crippen molar-refractivity contribution in [1.29, 1.82) is 5.26 Å². The van der Waals surface area contributed by atoms with Gasteiger partial charge >= 0.3 is 0 Å². The summed E-state index contributed by atoms with van der Waals surface area (Å²) in [4.78, 5) is 17.0. The molecule has 0 bridgehead atoms. The van der Waals surface area contributed by atoms with E-state index in [0.717, 1.165) is 5.56 Å². The average Bonchev–Trinajstić information content (AvgIpc) is 2.81. The first-order valence-corrected chi connectivity index (χ1v) is 6.76. The minimum atomic E-state index is -0.315. The van der Waals surface area contributed by atoms with Crippen molar-refractivity contribution in [2.24, 2.45) is 0 Å². The molecule has 0 radical (unpaired) electrons. The third kappa shape index (κ3) is 2.17. The van der Waals surface area contributed by atoms with Crippen LogP contribution in [-0.2, 0) is 6.42 Å². The lowest BCUT2D eigenvalue weighted by Gasteiger charge is -2.06. The van der Waals surface area contributed by atoms with E-state index >= 15 is 0 Å². The fraction of sp³-hybridized carbons (Fsp3) is 0.188. The maximum absolute atomic E-state index is 13.0. The van der Waals surface area contributed by atoms with Crippen LogP contribution in [0.2, 0.25) is 0 Å². The molecule has 2 aromatic heterocycles. The Morgan fingerprint density at radius 2 is 2.00 bits per heavy atom. The normalized spacial score (nSPS) is 10.8. The number of nitrogens with zero attached hydrogens (tertiary/aromatic N) is 3. The zero-order valence-corrected chi connectivity index (χ0v) is 12.1. The van der Waals surface area contributed by atoms with Gasteiger partial charge in [0.05, 0.1) is 5.69 Å². The molecule has 110 valence electrons. The third-order valence-electron chi connectivity index (χ3n) is 3.67. The summed E-state index contributed by atoms with van der Waals surface area (Å²) in [6, 6.07) is 8.06. The van der Waals surface area contributed by atoms with E-state index in [1.165, 1.54) is 16.6 Å². The van der Waals surface area contributed by atoms with Crippen molar-refractivity contribution >= 4 is 5.65 Å². The molecule has 0 aliphatic carbocycles. The topological polar surface area (TPSA) is 73.9 Å². The number of nitrogens with one attached hydrogen (secondary N) is 1. The maximum Gasteiger partial charge on any atom is 0.276 e. The Kier molecular flexibility index (Phi) is 3.26. The molecule has 0 fully saturated rings. The van der Waals surface area contributed by atoms with Crippen molar-refractivity contribution in [2.75, 3.05) is 0 Å². The van der Waals surface area contributed by atoms with Gasteiger partial charge in [0.1, 0.15) is 17.4 Å². The van der Waals surface area contributed by atoms with Gasteiger partial charge < -0.3 is 0 Å². The molecular formula is C16H13FN4O. The van der Waals surface area contributed by atoms with Crippen LogP contribution in [0.5, 0.6) is 0 Å². The van der Waals surface area contributed by atoms with Gasteiger partial charge in [0.15, 0.2) is 5.65 Å². The van der Waals surface area contributed by atoms with E-state index in [1.54, 1.807) is 26.0 Å². The largest absolute Gasteiger partial charge is 0.293 e. The Morgan fingerprint density at radius 1 is 1.32 bits per heavy atom. The van der Waals surface area contributed by atoms with Gasteiger partial charge in [-0.3, -0.25) is 9.89 Å². The molecule has 0 saturated carbocycles. The molecular weight excluding hydrogens is 283 g/mol. The highest BCUT2D eigenvalue weighted by atomic mass is 19.1. The highest BCUT2D eigenvalue weighted by Crippen LogP contribution is 2.14. The van der Waals surface area contributed by atoms with Crippen LogP contribution in [0.15, 0.2) is 29.1 Å². The van der Waals surface area contributed by atoms with E-state index in [2.05, 4.69) is 16.2 Å². The van der Waals surface area contributed by atoms with Crippen molar-refractivity contribution in [1.82, 2.24) is 14.6 Å². The zero-order valence-electron chi connectivity index (χ0n) is 12.1. The molecule has 0 aliphatic heterocycles. The first-order valence-electron chi connectivity index (χ1n) is 6.76. The van der Waals surface area contributed by atoms with Crippen molar-refractivity contribution < 1.29 is 4.39 Å². The molecule has 6 heteroatoms. The lowest BCUT2D eigenvalue weighted by atomic mass is 10.1. The summed E-state index contributed by atoms with van der Waals surface area (Å²) in [6.07, 6.45) is 0.362. The molecule has 3 aromatic rings. The molecule has 0 atom stereocenters. The summed E-state index contributed by atoms with van der Waals surface area (Å²) in [5.41, 5.74) is 2.99. The number of nitriles is 1. The van der Waals surface area contributed by atoms with Crippen molar-refractivity contribution in [2.45, 2.75) is 20.3 Å². The SMILES string of the molecule is Cc1nc2c(C#N)c(C)[nH]n2c(=O)c1Cc1ccc(F)cc1. The van der Waals surface area contributed by atoms with Gasteiger partial charge in [-0.2, -0.15) is 9.78 Å². The molecule has 0 amide bonds. The van der Waals surface area contributed by atoms with Crippen LogP contribution in [0.1, 0.15) is 28.1 Å². The van der Waals surface area contributed by atoms with Gasteiger partial charge in [0.2, 0.25) is 0 Å². The first kappa shape index (κ1) is 14.0. The number of fused-ring (bicyclic) bond motifs is 1. The zero-order chi connectivity index (χ0) is 15.9. The Hall–Kier alpha value is -2.94. The van der Waals surface area contributed by atoms with Gasteiger partial charge in [-0.25, -0.2) is 9.37 Å². The fourth-order valence-corrected chi connectivity index (χ4v) is 2.47. The number of H-pyrrole nitrogens is 1. The predicted molar refractivity (Wildman–Crippen MR) is 79.2 cm³/mol. The average molecular weight is 296 g/mol. The molecule has 0 unspecified atom stereocenters. The predicted octanol–water partition coefficient (Wildman–Crippen LogP) is 2.24. The minimum Gasteiger partial charge on any atom is -0.293 e. The van der Waals surface area contributed by atoms with E-state index < -0.39 is 0 Å². The summed E-state index contributed by atoms with van der Waals surface area (Å²) in [6.45, 7) is 3.46.